The first-order chi connectivity index (χ1) is 8.77. The molecule has 0 bridgehead atoms. The number of hydrogen-bond acceptors (Lipinski definition) is 2. The summed E-state index contributed by atoms with van der Waals surface area (Å²) >= 11 is 5.23. The first-order valence-corrected chi connectivity index (χ1v) is 5.94. The molecule has 0 saturated carbocycles. The third kappa shape index (κ3) is 1.73. The molecule has 1 aliphatic heterocycles. The molecular weight excluding hydrogens is 250 g/mol. The second kappa shape index (κ2) is 4.35. The van der Waals surface area contributed by atoms with Gasteiger partial charge in [-0.15, -0.1) is 0 Å². The van der Waals surface area contributed by atoms with E-state index in [9.17, 15) is 4.79 Å². The number of ether oxygens (including phenoxy) is 1. The zero-order valence-corrected chi connectivity index (χ0v) is 10.2. The Morgan fingerprint density at radius 3 is 2.72 bits per heavy atom. The molecule has 2 aliphatic rings. The van der Waals surface area contributed by atoms with Crippen molar-refractivity contribution in [2.75, 3.05) is 0 Å². The maximum atomic E-state index is 10.7. The van der Waals surface area contributed by atoms with Gasteiger partial charge in [0.15, 0.2) is 0 Å². The summed E-state index contributed by atoms with van der Waals surface area (Å²) in [6.07, 6.45) is 1.88. The van der Waals surface area contributed by atoms with Crippen LogP contribution in [0.25, 0.3) is 22.0 Å². The number of fused-ring (bicyclic) bond motifs is 3. The highest BCUT2D eigenvalue weighted by atomic mass is 35.5. The van der Waals surface area contributed by atoms with Gasteiger partial charge in [-0.3, -0.25) is 0 Å². The number of carbonyl (C=O) groups excluding carboxylic acids is 1. The van der Waals surface area contributed by atoms with Gasteiger partial charge in [0.05, 0.1) is 5.69 Å². The Morgan fingerprint density at radius 1 is 1.17 bits per heavy atom. The highest BCUT2D eigenvalue weighted by Crippen LogP contribution is 2.37. The third-order valence-corrected chi connectivity index (χ3v) is 3.14. The maximum Gasteiger partial charge on any atom is 0.404 e. The number of halogens is 1. The van der Waals surface area contributed by atoms with E-state index >= 15 is 0 Å². The fraction of sp³-hybridized carbons (Fsp3) is 0.0714. The van der Waals surface area contributed by atoms with Crippen molar-refractivity contribution >= 4 is 27.8 Å². The molecule has 0 spiro atoms. The summed E-state index contributed by atoms with van der Waals surface area (Å²) in [5, 5.41) is 2.20. The molecule has 0 atom stereocenters. The number of aromatic nitrogens is 1. The van der Waals surface area contributed by atoms with Gasteiger partial charge in [-0.25, -0.2) is 4.79 Å². The van der Waals surface area contributed by atoms with E-state index in [1.807, 2.05) is 42.6 Å². The monoisotopic (exact) mass is 259 g/mol. The van der Waals surface area contributed by atoms with Gasteiger partial charge in [-0.05, 0) is 11.5 Å². The summed E-state index contributed by atoms with van der Waals surface area (Å²) in [7, 11) is 0. The average Bonchev–Trinajstić information content (AvgIpc) is 2.71. The van der Waals surface area contributed by atoms with Gasteiger partial charge >= 0.3 is 5.43 Å². The van der Waals surface area contributed by atoms with Crippen molar-refractivity contribution in [3.8, 4) is 11.3 Å². The van der Waals surface area contributed by atoms with Crippen LogP contribution in [0, 0.1) is 0 Å². The standard InChI is InChI=1S/C14H10ClNO2/c15-14(17)18-8-12-9-4-1-2-5-10(9)13-11(12)6-3-7-16-13/h1-7,16H,8H2. The lowest BCUT2D eigenvalue weighted by molar-refractivity contribution is 0.168. The van der Waals surface area contributed by atoms with Crippen LogP contribution in [0.15, 0.2) is 42.6 Å². The minimum atomic E-state index is -0.784. The fourth-order valence-electron chi connectivity index (χ4n) is 2.30. The smallest absolute Gasteiger partial charge is 0.404 e. The van der Waals surface area contributed by atoms with Gasteiger partial charge in [0.1, 0.15) is 6.61 Å². The summed E-state index contributed by atoms with van der Waals surface area (Å²) in [5.41, 5.74) is 2.30. The van der Waals surface area contributed by atoms with Crippen molar-refractivity contribution < 1.29 is 9.53 Å². The lowest BCUT2D eigenvalue weighted by Gasteiger charge is -2.03. The first-order valence-electron chi connectivity index (χ1n) is 5.56. The first kappa shape index (κ1) is 11.1. The van der Waals surface area contributed by atoms with Crippen molar-refractivity contribution in [3.05, 3.63) is 48.2 Å². The molecule has 0 radical (unpaired) electrons. The minimum absolute atomic E-state index is 0.185. The molecule has 1 aromatic carbocycles. The van der Waals surface area contributed by atoms with Crippen molar-refractivity contribution in [2.45, 2.75) is 6.61 Å². The number of rotatable bonds is 2. The van der Waals surface area contributed by atoms with E-state index in [1.54, 1.807) is 0 Å². The molecule has 90 valence electrons. The predicted octanol–water partition coefficient (Wildman–Crippen LogP) is 4.15. The Kier molecular flexibility index (Phi) is 2.68. The summed E-state index contributed by atoms with van der Waals surface area (Å²) in [5.74, 6) is 0. The molecule has 0 amide bonds. The van der Waals surface area contributed by atoms with Crippen molar-refractivity contribution in [3.63, 3.8) is 0 Å². The molecular formula is C14H10ClNO2. The number of carbonyl (C=O) groups is 1. The average molecular weight is 260 g/mol. The molecule has 1 aromatic rings. The summed E-state index contributed by atoms with van der Waals surface area (Å²) in [6, 6.07) is 11.9. The molecule has 0 fully saturated rings. The second-order valence-corrected chi connectivity index (χ2v) is 4.32. The zero-order valence-electron chi connectivity index (χ0n) is 9.44. The Labute approximate surface area is 109 Å². The number of benzene rings is 1. The molecule has 4 heteroatoms. The number of nitrogens with one attached hydrogen (secondary N) is 1. The second-order valence-electron chi connectivity index (χ2n) is 4.01. The van der Waals surface area contributed by atoms with Crippen LogP contribution in [0.5, 0.6) is 0 Å². The third-order valence-electron chi connectivity index (χ3n) is 3.03. The molecule has 0 saturated heterocycles. The molecule has 1 N–H and O–H groups in total. The van der Waals surface area contributed by atoms with Gasteiger partial charge in [0.25, 0.3) is 0 Å². The van der Waals surface area contributed by atoms with Crippen LogP contribution in [0.1, 0.15) is 5.56 Å². The minimum Gasteiger partial charge on any atom is -0.449 e. The van der Waals surface area contributed by atoms with Crippen LogP contribution in [-0.2, 0) is 11.3 Å². The topological polar surface area (TPSA) is 42.1 Å². The molecule has 1 heterocycles. The van der Waals surface area contributed by atoms with Crippen LogP contribution in [0.4, 0.5) is 4.79 Å². The van der Waals surface area contributed by atoms with E-state index < -0.39 is 5.43 Å². The Morgan fingerprint density at radius 2 is 1.94 bits per heavy atom. The fourth-order valence-corrected chi connectivity index (χ4v) is 2.36. The Bertz CT molecular complexity index is 689. The normalized spacial score (nSPS) is 10.9. The lowest BCUT2D eigenvalue weighted by atomic mass is 10.1. The van der Waals surface area contributed by atoms with Crippen LogP contribution in [-0.4, -0.2) is 10.4 Å². The van der Waals surface area contributed by atoms with Crippen molar-refractivity contribution in [1.29, 1.82) is 0 Å². The van der Waals surface area contributed by atoms with E-state index in [4.69, 9.17) is 16.3 Å². The largest absolute Gasteiger partial charge is 0.449 e. The van der Waals surface area contributed by atoms with Crippen LogP contribution in [0.3, 0.4) is 0 Å². The SMILES string of the molecule is O=C(Cl)OCc1c2ccc[nH]c-2c2ccccc12. The quantitative estimate of drug-likeness (QED) is 0.703. The number of hydrogen-bond donors (Lipinski definition) is 1. The Balaban J connectivity index is 2.23. The van der Waals surface area contributed by atoms with Crippen LogP contribution in [0.2, 0.25) is 0 Å². The van der Waals surface area contributed by atoms with Crippen molar-refractivity contribution in [1.82, 2.24) is 4.98 Å². The van der Waals surface area contributed by atoms with Gasteiger partial charge in [-0.2, -0.15) is 0 Å². The van der Waals surface area contributed by atoms with Crippen LogP contribution >= 0.6 is 11.6 Å². The number of aromatic amines is 1. The van der Waals surface area contributed by atoms with Gasteiger partial charge in [-0.1, -0.05) is 30.3 Å². The highest BCUT2D eigenvalue weighted by Gasteiger charge is 2.17. The molecule has 1 aliphatic carbocycles. The van der Waals surface area contributed by atoms with Gasteiger partial charge in [0, 0.05) is 34.3 Å². The molecule has 3 rings (SSSR count). The highest BCUT2D eigenvalue weighted by molar-refractivity contribution is 6.61. The van der Waals surface area contributed by atoms with E-state index in [1.165, 1.54) is 0 Å². The maximum absolute atomic E-state index is 10.7. The van der Waals surface area contributed by atoms with Gasteiger partial charge < -0.3 is 9.72 Å². The number of H-pyrrole nitrogens is 1. The van der Waals surface area contributed by atoms with E-state index in [2.05, 4.69) is 4.98 Å². The van der Waals surface area contributed by atoms with E-state index in [0.717, 1.165) is 27.6 Å². The molecule has 18 heavy (non-hydrogen) atoms. The number of pyridine rings is 1. The predicted molar refractivity (Wildman–Crippen MR) is 71.0 cm³/mol. The molecule has 0 unspecified atom stereocenters. The summed E-state index contributed by atoms with van der Waals surface area (Å²) < 4.78 is 4.92. The summed E-state index contributed by atoms with van der Waals surface area (Å²) in [6.45, 7) is 0.185. The summed E-state index contributed by atoms with van der Waals surface area (Å²) in [4.78, 5) is 14.0. The zero-order chi connectivity index (χ0) is 12.5. The van der Waals surface area contributed by atoms with E-state index in [0.29, 0.717) is 0 Å². The van der Waals surface area contributed by atoms with Gasteiger partial charge in [0.2, 0.25) is 0 Å². The van der Waals surface area contributed by atoms with Crippen molar-refractivity contribution in [2.24, 2.45) is 0 Å². The Hall–Kier alpha value is -2.00. The van der Waals surface area contributed by atoms with Crippen LogP contribution < -0.4 is 0 Å². The van der Waals surface area contributed by atoms with E-state index in [-0.39, 0.29) is 6.61 Å². The lowest BCUT2D eigenvalue weighted by Crippen LogP contribution is -1.95. The molecule has 0 aromatic heterocycles. The molecule has 3 nitrogen and oxygen atoms in total.